The summed E-state index contributed by atoms with van der Waals surface area (Å²) in [5, 5.41) is 3.43. The molecule has 0 bridgehead atoms. The van der Waals surface area contributed by atoms with Gasteiger partial charge in [0, 0.05) is 18.6 Å². The van der Waals surface area contributed by atoms with Crippen LogP contribution in [0.3, 0.4) is 0 Å². The van der Waals surface area contributed by atoms with Gasteiger partial charge >= 0.3 is 0 Å². The summed E-state index contributed by atoms with van der Waals surface area (Å²) >= 11 is 0. The van der Waals surface area contributed by atoms with Crippen molar-refractivity contribution in [2.24, 2.45) is 17.6 Å². The summed E-state index contributed by atoms with van der Waals surface area (Å²) in [6.07, 6.45) is 5.42. The van der Waals surface area contributed by atoms with Crippen molar-refractivity contribution in [1.29, 1.82) is 0 Å². The first kappa shape index (κ1) is 12.0. The van der Waals surface area contributed by atoms with E-state index in [9.17, 15) is 0 Å². The molecule has 3 N–H and O–H groups in total. The maximum atomic E-state index is 6.18. The van der Waals surface area contributed by atoms with E-state index in [1.165, 1.54) is 25.7 Å². The number of nitrogens with one attached hydrogen (secondary N) is 1. The zero-order valence-corrected chi connectivity index (χ0v) is 9.92. The lowest BCUT2D eigenvalue weighted by molar-refractivity contribution is 0.248. The summed E-state index contributed by atoms with van der Waals surface area (Å²) in [7, 11) is 0. The topological polar surface area (TPSA) is 38.0 Å². The molecule has 2 nitrogen and oxygen atoms in total. The van der Waals surface area contributed by atoms with Gasteiger partial charge in [-0.25, -0.2) is 0 Å². The van der Waals surface area contributed by atoms with Crippen molar-refractivity contribution in [3.8, 4) is 0 Å². The van der Waals surface area contributed by atoms with Crippen LogP contribution in [-0.4, -0.2) is 18.6 Å². The van der Waals surface area contributed by atoms with Crippen LogP contribution in [-0.2, 0) is 0 Å². The van der Waals surface area contributed by atoms with E-state index in [0.29, 0.717) is 12.1 Å². The van der Waals surface area contributed by atoms with Crippen molar-refractivity contribution in [3.63, 3.8) is 0 Å². The van der Waals surface area contributed by atoms with Crippen LogP contribution in [0.4, 0.5) is 0 Å². The maximum absolute atomic E-state index is 6.18. The third kappa shape index (κ3) is 3.97. The molecule has 2 heteroatoms. The van der Waals surface area contributed by atoms with Gasteiger partial charge in [-0.05, 0) is 24.7 Å². The monoisotopic (exact) mass is 198 g/mol. The number of hydrogen-bond acceptors (Lipinski definition) is 2. The fourth-order valence-corrected chi connectivity index (χ4v) is 2.25. The smallest absolute Gasteiger partial charge is 0.0194 e. The van der Waals surface area contributed by atoms with Crippen LogP contribution in [0, 0.1) is 11.8 Å². The summed E-state index contributed by atoms with van der Waals surface area (Å²) in [6, 6.07) is 0.925. The fraction of sp³-hybridized carbons (Fsp3) is 1.00. The molecule has 1 unspecified atom stereocenters. The zero-order chi connectivity index (χ0) is 10.6. The third-order valence-corrected chi connectivity index (χ3v) is 3.43. The Kier molecular flexibility index (Phi) is 4.90. The van der Waals surface area contributed by atoms with E-state index in [-0.39, 0.29) is 0 Å². The molecule has 0 aliphatic heterocycles. The zero-order valence-electron chi connectivity index (χ0n) is 9.92. The largest absolute Gasteiger partial charge is 0.326 e. The highest BCUT2D eigenvalue weighted by Crippen LogP contribution is 2.29. The van der Waals surface area contributed by atoms with Crippen LogP contribution in [0.2, 0.25) is 0 Å². The van der Waals surface area contributed by atoms with E-state index in [1.54, 1.807) is 0 Å². The standard InChI is InChI=1S/C12H26N2/c1-9(2)14-8-12(13)11-6-4-10(3)5-7-11/h9-12,14H,4-8,13H2,1-3H3. The molecule has 1 atom stereocenters. The predicted molar refractivity (Wildman–Crippen MR) is 62.2 cm³/mol. The first-order valence-electron chi connectivity index (χ1n) is 6.08. The summed E-state index contributed by atoms with van der Waals surface area (Å²) in [6.45, 7) is 7.69. The van der Waals surface area contributed by atoms with E-state index < -0.39 is 0 Å². The minimum atomic E-state index is 0.366. The second-order valence-corrected chi connectivity index (χ2v) is 5.25. The van der Waals surface area contributed by atoms with Gasteiger partial charge < -0.3 is 11.1 Å². The van der Waals surface area contributed by atoms with Gasteiger partial charge in [0.1, 0.15) is 0 Å². The lowest BCUT2D eigenvalue weighted by Gasteiger charge is -2.31. The first-order chi connectivity index (χ1) is 6.59. The Morgan fingerprint density at radius 2 is 1.79 bits per heavy atom. The molecule has 1 saturated carbocycles. The molecular weight excluding hydrogens is 172 g/mol. The lowest BCUT2D eigenvalue weighted by atomic mass is 9.79. The molecule has 0 aromatic rings. The van der Waals surface area contributed by atoms with Gasteiger partial charge in [0.05, 0.1) is 0 Å². The number of hydrogen-bond donors (Lipinski definition) is 2. The molecule has 0 radical (unpaired) electrons. The number of nitrogens with two attached hydrogens (primary N) is 1. The Morgan fingerprint density at radius 3 is 2.29 bits per heavy atom. The normalized spacial score (nSPS) is 30.6. The van der Waals surface area contributed by atoms with Crippen molar-refractivity contribution in [3.05, 3.63) is 0 Å². The summed E-state index contributed by atoms with van der Waals surface area (Å²) < 4.78 is 0. The molecule has 0 spiro atoms. The van der Waals surface area contributed by atoms with Crippen LogP contribution in [0.5, 0.6) is 0 Å². The molecule has 14 heavy (non-hydrogen) atoms. The van der Waals surface area contributed by atoms with Crippen molar-refractivity contribution >= 4 is 0 Å². The van der Waals surface area contributed by atoms with Gasteiger partial charge in [-0.15, -0.1) is 0 Å². The van der Waals surface area contributed by atoms with Crippen molar-refractivity contribution in [2.75, 3.05) is 6.54 Å². The Bertz CT molecular complexity index is 148. The minimum Gasteiger partial charge on any atom is -0.326 e. The number of rotatable bonds is 4. The van der Waals surface area contributed by atoms with Crippen LogP contribution < -0.4 is 11.1 Å². The predicted octanol–water partition coefficient (Wildman–Crippen LogP) is 2.14. The molecule has 1 fully saturated rings. The van der Waals surface area contributed by atoms with E-state index in [1.807, 2.05) is 0 Å². The molecule has 0 amide bonds. The molecule has 0 heterocycles. The summed E-state index contributed by atoms with van der Waals surface area (Å²) in [4.78, 5) is 0. The molecule has 1 aliphatic rings. The van der Waals surface area contributed by atoms with E-state index in [2.05, 4.69) is 26.1 Å². The van der Waals surface area contributed by atoms with Crippen molar-refractivity contribution in [2.45, 2.75) is 58.5 Å². The lowest BCUT2D eigenvalue weighted by Crippen LogP contribution is -2.43. The molecule has 0 aromatic carbocycles. The Labute approximate surface area is 88.6 Å². The van der Waals surface area contributed by atoms with E-state index in [0.717, 1.165) is 18.4 Å². The van der Waals surface area contributed by atoms with E-state index >= 15 is 0 Å². The van der Waals surface area contributed by atoms with Gasteiger partial charge in [-0.3, -0.25) is 0 Å². The molecule has 1 aliphatic carbocycles. The molecule has 0 aromatic heterocycles. The molecule has 84 valence electrons. The molecule has 1 rings (SSSR count). The first-order valence-corrected chi connectivity index (χ1v) is 6.08. The highest BCUT2D eigenvalue weighted by Gasteiger charge is 2.23. The van der Waals surface area contributed by atoms with Gasteiger partial charge in [0.25, 0.3) is 0 Å². The van der Waals surface area contributed by atoms with Gasteiger partial charge in [0.2, 0.25) is 0 Å². The van der Waals surface area contributed by atoms with Crippen molar-refractivity contribution < 1.29 is 0 Å². The highest BCUT2D eigenvalue weighted by molar-refractivity contribution is 4.80. The SMILES string of the molecule is CC1CCC(C(N)CNC(C)C)CC1. The van der Waals surface area contributed by atoms with Gasteiger partial charge in [0.15, 0.2) is 0 Å². The fourth-order valence-electron chi connectivity index (χ4n) is 2.25. The van der Waals surface area contributed by atoms with E-state index in [4.69, 9.17) is 5.73 Å². The molecular formula is C12H26N2. The average Bonchev–Trinajstić information content (AvgIpc) is 2.15. The highest BCUT2D eigenvalue weighted by atomic mass is 14.9. The average molecular weight is 198 g/mol. The van der Waals surface area contributed by atoms with Gasteiger partial charge in [-0.2, -0.15) is 0 Å². The van der Waals surface area contributed by atoms with Crippen molar-refractivity contribution in [1.82, 2.24) is 5.32 Å². The minimum absolute atomic E-state index is 0.366. The third-order valence-electron chi connectivity index (χ3n) is 3.43. The maximum Gasteiger partial charge on any atom is 0.0194 e. The van der Waals surface area contributed by atoms with Gasteiger partial charge in [-0.1, -0.05) is 33.6 Å². The Morgan fingerprint density at radius 1 is 1.21 bits per heavy atom. The quantitative estimate of drug-likeness (QED) is 0.726. The Balaban J connectivity index is 2.20. The summed E-state index contributed by atoms with van der Waals surface area (Å²) in [5.41, 5.74) is 6.18. The molecule has 0 saturated heterocycles. The van der Waals surface area contributed by atoms with Crippen LogP contribution in [0.25, 0.3) is 0 Å². The van der Waals surface area contributed by atoms with Crippen LogP contribution in [0.15, 0.2) is 0 Å². The second kappa shape index (κ2) is 5.72. The van der Waals surface area contributed by atoms with Crippen LogP contribution >= 0.6 is 0 Å². The Hall–Kier alpha value is -0.0800. The second-order valence-electron chi connectivity index (χ2n) is 5.25. The van der Waals surface area contributed by atoms with Crippen LogP contribution in [0.1, 0.15) is 46.5 Å². The summed E-state index contributed by atoms with van der Waals surface area (Å²) in [5.74, 6) is 1.69.